The molecule has 0 aliphatic carbocycles. The minimum absolute atomic E-state index is 0.0202. The van der Waals surface area contributed by atoms with E-state index in [0.717, 1.165) is 43.2 Å². The van der Waals surface area contributed by atoms with Crippen LogP contribution in [0.4, 0.5) is 15.8 Å². The van der Waals surface area contributed by atoms with Crippen LogP contribution in [0.2, 0.25) is 0 Å². The van der Waals surface area contributed by atoms with Crippen LogP contribution in [0, 0.1) is 5.82 Å². The lowest BCUT2D eigenvalue weighted by Gasteiger charge is -2.40. The van der Waals surface area contributed by atoms with E-state index in [-0.39, 0.29) is 29.6 Å². The average Bonchev–Trinajstić information content (AvgIpc) is 3.38. The Morgan fingerprint density at radius 3 is 2.29 bits per heavy atom. The molecule has 0 unspecified atom stereocenters. The van der Waals surface area contributed by atoms with Crippen molar-refractivity contribution in [2.45, 2.75) is 65.2 Å². The molecule has 2 heterocycles. The number of hydrogen-bond donors (Lipinski definition) is 1. The number of thiazole rings is 1. The van der Waals surface area contributed by atoms with Crippen LogP contribution >= 0.6 is 11.3 Å². The zero-order chi connectivity index (χ0) is 27.4. The summed E-state index contributed by atoms with van der Waals surface area (Å²) in [5.41, 5.74) is 7.79. The Labute approximate surface area is 228 Å². The van der Waals surface area contributed by atoms with Crippen LogP contribution < -0.4 is 10.6 Å². The van der Waals surface area contributed by atoms with Crippen LogP contribution in [0.25, 0.3) is 0 Å². The van der Waals surface area contributed by atoms with E-state index in [9.17, 15) is 14.0 Å². The summed E-state index contributed by atoms with van der Waals surface area (Å²) in [6, 6.07) is 11.6. The van der Waals surface area contributed by atoms with E-state index in [2.05, 4.69) is 9.88 Å². The molecule has 9 heteroatoms. The fourth-order valence-electron chi connectivity index (χ4n) is 5.30. The molecule has 0 radical (unpaired) electrons. The van der Waals surface area contributed by atoms with E-state index in [1.165, 1.54) is 18.2 Å². The summed E-state index contributed by atoms with van der Waals surface area (Å²) in [4.78, 5) is 36.2. The third-order valence-electron chi connectivity index (χ3n) is 6.99. The molecule has 202 valence electrons. The second kappa shape index (κ2) is 12.0. The molecule has 3 aromatic rings. The van der Waals surface area contributed by atoms with Crippen LogP contribution in [0.1, 0.15) is 66.3 Å². The Kier molecular flexibility index (Phi) is 8.79. The maximum Gasteiger partial charge on any atom is 0.254 e. The molecule has 1 aromatic heterocycles. The first-order valence-corrected chi connectivity index (χ1v) is 14.0. The van der Waals surface area contributed by atoms with Crippen molar-refractivity contribution in [1.82, 2.24) is 14.8 Å². The van der Waals surface area contributed by atoms with Crippen LogP contribution in [0.3, 0.4) is 0 Å². The number of aromatic nitrogens is 1. The normalized spacial score (nSPS) is 14.7. The van der Waals surface area contributed by atoms with E-state index in [1.54, 1.807) is 11.3 Å². The third kappa shape index (κ3) is 6.22. The first kappa shape index (κ1) is 27.7. The van der Waals surface area contributed by atoms with E-state index >= 15 is 0 Å². The summed E-state index contributed by atoms with van der Waals surface area (Å²) in [5, 5.41) is 3.06. The topological polar surface area (TPSA) is 82.8 Å². The molecule has 1 fully saturated rings. The maximum absolute atomic E-state index is 14.5. The lowest BCUT2D eigenvalue weighted by atomic mass is 9.99. The van der Waals surface area contributed by atoms with Crippen molar-refractivity contribution >= 4 is 34.5 Å². The van der Waals surface area contributed by atoms with Gasteiger partial charge in [-0.15, -0.1) is 11.3 Å². The van der Waals surface area contributed by atoms with E-state index in [1.807, 2.05) is 73.3 Å². The summed E-state index contributed by atoms with van der Waals surface area (Å²) in [6.07, 6.45) is 3.45. The highest BCUT2D eigenvalue weighted by atomic mass is 32.1. The number of benzene rings is 2. The molecule has 1 aliphatic rings. The minimum atomic E-state index is -0.609. The molecule has 1 saturated heterocycles. The molecule has 38 heavy (non-hydrogen) atoms. The van der Waals surface area contributed by atoms with Gasteiger partial charge in [-0.3, -0.25) is 14.5 Å². The Hall–Kier alpha value is -3.30. The van der Waals surface area contributed by atoms with Crippen LogP contribution in [-0.2, 0) is 6.54 Å². The van der Waals surface area contributed by atoms with Gasteiger partial charge < -0.3 is 15.5 Å². The van der Waals surface area contributed by atoms with Crippen molar-refractivity contribution in [3.05, 3.63) is 76.0 Å². The van der Waals surface area contributed by atoms with Crippen molar-refractivity contribution in [3.63, 3.8) is 0 Å². The Bertz CT molecular complexity index is 1230. The molecule has 0 saturated carbocycles. The standard InChI is InChI=1S/C29H36FN5O2S/c1-19(2)34(20(3)4)29(37)21-5-8-23(9-6-21)35(26-17-22(30)7-10-25(26)28(31)36)24-11-14-33(15-12-24)18-27-32-13-16-38-27/h5-10,13,16-17,19-20,24H,11-12,14-15,18H2,1-4H3,(H2,31,36). The van der Waals surface area contributed by atoms with Crippen LogP contribution in [0.15, 0.2) is 54.0 Å². The van der Waals surface area contributed by atoms with Crippen molar-refractivity contribution in [2.24, 2.45) is 5.73 Å². The second-order valence-corrected chi connectivity index (χ2v) is 11.3. The first-order chi connectivity index (χ1) is 18.2. The Morgan fingerprint density at radius 1 is 1.08 bits per heavy atom. The molecule has 0 bridgehead atoms. The number of carbonyl (C=O) groups is 2. The number of nitrogens with two attached hydrogens (primary N) is 1. The number of hydrogen-bond acceptors (Lipinski definition) is 6. The number of piperidine rings is 1. The fourth-order valence-corrected chi connectivity index (χ4v) is 5.95. The Balaban J connectivity index is 1.65. The molecule has 2 amide bonds. The second-order valence-electron chi connectivity index (χ2n) is 10.3. The van der Waals surface area contributed by atoms with Gasteiger partial charge in [0.2, 0.25) is 0 Å². The molecular weight excluding hydrogens is 501 g/mol. The van der Waals surface area contributed by atoms with Gasteiger partial charge in [0.1, 0.15) is 10.8 Å². The van der Waals surface area contributed by atoms with Gasteiger partial charge >= 0.3 is 0 Å². The number of anilines is 2. The summed E-state index contributed by atoms with van der Waals surface area (Å²) in [7, 11) is 0. The zero-order valence-electron chi connectivity index (χ0n) is 22.4. The smallest absolute Gasteiger partial charge is 0.254 e. The highest BCUT2D eigenvalue weighted by Crippen LogP contribution is 2.35. The van der Waals surface area contributed by atoms with E-state index in [0.29, 0.717) is 11.3 Å². The van der Waals surface area contributed by atoms with Crippen molar-refractivity contribution in [1.29, 1.82) is 0 Å². The molecule has 1 aliphatic heterocycles. The van der Waals surface area contributed by atoms with Crippen molar-refractivity contribution in [3.8, 4) is 0 Å². The summed E-state index contributed by atoms with van der Waals surface area (Å²) in [5.74, 6) is -1.08. The average molecular weight is 538 g/mol. The fraction of sp³-hybridized carbons (Fsp3) is 0.414. The molecular formula is C29H36FN5O2S. The lowest BCUT2D eigenvalue weighted by Crippen LogP contribution is -2.43. The Morgan fingerprint density at radius 2 is 1.74 bits per heavy atom. The van der Waals surface area contributed by atoms with Gasteiger partial charge in [0, 0.05) is 54.0 Å². The van der Waals surface area contributed by atoms with Gasteiger partial charge in [0.05, 0.1) is 17.8 Å². The van der Waals surface area contributed by atoms with Gasteiger partial charge in [0.25, 0.3) is 11.8 Å². The molecule has 0 atom stereocenters. The monoisotopic (exact) mass is 537 g/mol. The van der Waals surface area contributed by atoms with Crippen molar-refractivity contribution < 1.29 is 14.0 Å². The maximum atomic E-state index is 14.5. The van der Waals surface area contributed by atoms with E-state index < -0.39 is 11.7 Å². The quantitative estimate of drug-likeness (QED) is 0.393. The highest BCUT2D eigenvalue weighted by Gasteiger charge is 2.29. The van der Waals surface area contributed by atoms with Crippen LogP contribution in [0.5, 0.6) is 0 Å². The number of halogens is 1. The SMILES string of the molecule is CC(C)N(C(=O)c1ccc(N(c2cc(F)ccc2C(N)=O)C2CCN(Cc3nccs3)CC2)cc1)C(C)C. The molecule has 7 nitrogen and oxygen atoms in total. The van der Waals surface area contributed by atoms with Crippen LogP contribution in [-0.4, -0.2) is 57.8 Å². The number of primary amides is 1. The van der Waals surface area contributed by atoms with Gasteiger partial charge in [-0.05, 0) is 83.0 Å². The number of nitrogens with zero attached hydrogens (tertiary/aromatic N) is 4. The predicted molar refractivity (Wildman–Crippen MR) is 150 cm³/mol. The summed E-state index contributed by atoms with van der Waals surface area (Å²) >= 11 is 1.65. The van der Waals surface area contributed by atoms with Gasteiger partial charge in [-0.1, -0.05) is 0 Å². The molecule has 4 rings (SSSR count). The number of amides is 2. The van der Waals surface area contributed by atoms with Gasteiger partial charge in [0.15, 0.2) is 0 Å². The summed E-state index contributed by atoms with van der Waals surface area (Å²) in [6.45, 7) is 10.5. The van der Waals surface area contributed by atoms with Gasteiger partial charge in [-0.25, -0.2) is 9.37 Å². The number of carbonyl (C=O) groups excluding carboxylic acids is 2. The van der Waals surface area contributed by atoms with E-state index in [4.69, 9.17) is 5.73 Å². The number of rotatable bonds is 9. The minimum Gasteiger partial charge on any atom is -0.366 e. The largest absolute Gasteiger partial charge is 0.366 e. The third-order valence-corrected chi connectivity index (χ3v) is 7.75. The first-order valence-electron chi connectivity index (χ1n) is 13.1. The summed E-state index contributed by atoms with van der Waals surface area (Å²) < 4.78 is 14.5. The highest BCUT2D eigenvalue weighted by molar-refractivity contribution is 7.09. The molecule has 2 aromatic carbocycles. The predicted octanol–water partition coefficient (Wildman–Crippen LogP) is 5.44. The lowest BCUT2D eigenvalue weighted by molar-refractivity contribution is 0.0643. The van der Waals surface area contributed by atoms with Gasteiger partial charge in [-0.2, -0.15) is 0 Å². The molecule has 0 spiro atoms. The number of likely N-dealkylation sites (tertiary alicyclic amines) is 1. The molecule has 2 N–H and O–H groups in total. The van der Waals surface area contributed by atoms with Crippen molar-refractivity contribution in [2.75, 3.05) is 18.0 Å². The zero-order valence-corrected chi connectivity index (χ0v) is 23.2.